The Kier molecular flexibility index (Phi) is 4.39. The monoisotopic (exact) mass is 296 g/mol. The van der Waals surface area contributed by atoms with Gasteiger partial charge in [0, 0.05) is 30.5 Å². The molecule has 0 amide bonds. The zero-order chi connectivity index (χ0) is 14.8. The predicted octanol–water partition coefficient (Wildman–Crippen LogP) is -0.477. The van der Waals surface area contributed by atoms with Crippen molar-refractivity contribution >= 4 is 28.6 Å². The Morgan fingerprint density at radius 1 is 1.45 bits per heavy atom. The van der Waals surface area contributed by atoms with Gasteiger partial charge < -0.3 is 5.32 Å². The Labute approximate surface area is 119 Å². The third-order valence-electron chi connectivity index (χ3n) is 3.43. The minimum Gasteiger partial charge on any atom is -0.351 e. The van der Waals surface area contributed by atoms with Gasteiger partial charge in [-0.2, -0.15) is 0 Å². The molecular formula is C13H20N4O2S. The number of piperidine rings is 1. The van der Waals surface area contributed by atoms with Crippen molar-refractivity contribution in [2.75, 3.05) is 24.7 Å². The quantitative estimate of drug-likeness (QED) is 0.816. The lowest BCUT2D eigenvalue weighted by molar-refractivity contribution is 0.331. The van der Waals surface area contributed by atoms with Crippen LogP contribution < -0.4 is 15.9 Å². The third kappa shape index (κ3) is 3.55. The molecule has 1 aliphatic heterocycles. The second kappa shape index (κ2) is 5.88. The van der Waals surface area contributed by atoms with Crippen molar-refractivity contribution in [3.8, 4) is 0 Å². The standard InChI is InChI=1S/C13H20N4O2S/c1-4-12-10(2)9-14-13(16-12)15-11-5-7-17(8-6-11)20(3,18)19/h4,9,11H,2,5-8H2,1,3H3,(H,15,16)/b12-4-. The van der Waals surface area contributed by atoms with Gasteiger partial charge in [0.15, 0.2) is 0 Å². The number of rotatable bonds is 3. The molecule has 0 saturated carbocycles. The van der Waals surface area contributed by atoms with E-state index in [0.29, 0.717) is 19.0 Å². The summed E-state index contributed by atoms with van der Waals surface area (Å²) in [5.41, 5.74) is 0. The molecule has 110 valence electrons. The van der Waals surface area contributed by atoms with E-state index in [0.717, 1.165) is 23.4 Å². The molecule has 7 heteroatoms. The van der Waals surface area contributed by atoms with E-state index in [4.69, 9.17) is 0 Å². The van der Waals surface area contributed by atoms with Crippen molar-refractivity contribution in [2.24, 2.45) is 0 Å². The van der Waals surface area contributed by atoms with Gasteiger partial charge in [-0.15, -0.1) is 0 Å². The van der Waals surface area contributed by atoms with Crippen LogP contribution in [0.3, 0.4) is 0 Å². The van der Waals surface area contributed by atoms with E-state index in [1.807, 2.05) is 13.0 Å². The van der Waals surface area contributed by atoms with E-state index in [1.54, 1.807) is 6.20 Å². The molecular weight excluding hydrogens is 276 g/mol. The summed E-state index contributed by atoms with van der Waals surface area (Å²) < 4.78 is 24.4. The van der Waals surface area contributed by atoms with Gasteiger partial charge in [0.05, 0.1) is 11.6 Å². The van der Waals surface area contributed by atoms with E-state index in [1.165, 1.54) is 10.6 Å². The van der Waals surface area contributed by atoms with Crippen LogP contribution in [0.4, 0.5) is 5.95 Å². The summed E-state index contributed by atoms with van der Waals surface area (Å²) in [4.78, 5) is 8.59. The SMILES string of the molecule is C=c1cnc(NC2CCN(S(C)(=O)=O)CC2)n/c1=C\C. The van der Waals surface area contributed by atoms with Crippen molar-refractivity contribution in [1.82, 2.24) is 14.3 Å². The van der Waals surface area contributed by atoms with Crippen LogP contribution in [0.1, 0.15) is 19.8 Å². The van der Waals surface area contributed by atoms with Crippen molar-refractivity contribution < 1.29 is 8.42 Å². The number of hydrogen-bond donors (Lipinski definition) is 1. The van der Waals surface area contributed by atoms with E-state index in [9.17, 15) is 8.42 Å². The molecule has 1 aromatic rings. The molecule has 6 nitrogen and oxygen atoms in total. The highest BCUT2D eigenvalue weighted by atomic mass is 32.2. The maximum atomic E-state index is 11.4. The first kappa shape index (κ1) is 14.9. The van der Waals surface area contributed by atoms with Crippen molar-refractivity contribution in [1.29, 1.82) is 0 Å². The highest BCUT2D eigenvalue weighted by molar-refractivity contribution is 7.88. The minimum absolute atomic E-state index is 0.202. The number of nitrogens with one attached hydrogen (secondary N) is 1. The van der Waals surface area contributed by atoms with Crippen molar-refractivity contribution in [3.63, 3.8) is 0 Å². The lowest BCUT2D eigenvalue weighted by Gasteiger charge is -2.30. The van der Waals surface area contributed by atoms with Crippen molar-refractivity contribution in [3.05, 3.63) is 16.8 Å². The molecule has 2 heterocycles. The van der Waals surface area contributed by atoms with Gasteiger partial charge in [-0.3, -0.25) is 0 Å². The lowest BCUT2D eigenvalue weighted by Crippen LogP contribution is -2.42. The molecule has 1 aromatic heterocycles. The summed E-state index contributed by atoms with van der Waals surface area (Å²) in [6.45, 7) is 6.84. The largest absolute Gasteiger partial charge is 0.351 e. The van der Waals surface area contributed by atoms with Gasteiger partial charge in [-0.1, -0.05) is 12.7 Å². The van der Waals surface area contributed by atoms with E-state index in [-0.39, 0.29) is 6.04 Å². The van der Waals surface area contributed by atoms with Crippen LogP contribution in [0.2, 0.25) is 0 Å². The Hall–Kier alpha value is -1.47. The highest BCUT2D eigenvalue weighted by Gasteiger charge is 2.25. The molecule has 0 bridgehead atoms. The summed E-state index contributed by atoms with van der Waals surface area (Å²) in [6.07, 6.45) is 6.35. The first-order valence-corrected chi connectivity index (χ1v) is 8.45. The Morgan fingerprint density at radius 2 is 2.10 bits per heavy atom. The molecule has 20 heavy (non-hydrogen) atoms. The summed E-state index contributed by atoms with van der Waals surface area (Å²) >= 11 is 0. The topological polar surface area (TPSA) is 75.2 Å². The van der Waals surface area contributed by atoms with Gasteiger partial charge in [-0.05, 0) is 19.8 Å². The van der Waals surface area contributed by atoms with Gasteiger partial charge >= 0.3 is 0 Å². The third-order valence-corrected chi connectivity index (χ3v) is 4.73. The van der Waals surface area contributed by atoms with Gasteiger partial charge in [0.2, 0.25) is 16.0 Å². The molecule has 2 rings (SSSR count). The Bertz CT molecular complexity index is 679. The molecule has 0 aliphatic carbocycles. The fourth-order valence-electron chi connectivity index (χ4n) is 2.25. The smallest absolute Gasteiger partial charge is 0.223 e. The van der Waals surface area contributed by atoms with E-state index in [2.05, 4.69) is 21.9 Å². The number of aromatic nitrogens is 2. The van der Waals surface area contributed by atoms with Crippen LogP contribution in [-0.4, -0.2) is 48.1 Å². The summed E-state index contributed by atoms with van der Waals surface area (Å²) in [7, 11) is -3.08. The maximum absolute atomic E-state index is 11.4. The molecule has 0 spiro atoms. The van der Waals surface area contributed by atoms with Crippen LogP contribution in [0.25, 0.3) is 12.7 Å². The second-order valence-electron chi connectivity index (χ2n) is 4.97. The zero-order valence-electron chi connectivity index (χ0n) is 11.8. The molecule has 0 unspecified atom stereocenters. The first-order valence-electron chi connectivity index (χ1n) is 6.60. The average Bonchev–Trinajstić information content (AvgIpc) is 2.40. The summed E-state index contributed by atoms with van der Waals surface area (Å²) in [5, 5.41) is 4.88. The number of anilines is 1. The van der Waals surface area contributed by atoms with Gasteiger partial charge in [-0.25, -0.2) is 22.7 Å². The second-order valence-corrected chi connectivity index (χ2v) is 6.96. The van der Waals surface area contributed by atoms with Crippen LogP contribution in [0.5, 0.6) is 0 Å². The minimum atomic E-state index is -3.08. The number of nitrogens with zero attached hydrogens (tertiary/aromatic N) is 3. The van der Waals surface area contributed by atoms with Gasteiger partial charge in [0.1, 0.15) is 0 Å². The summed E-state index contributed by atoms with van der Waals surface area (Å²) in [6, 6.07) is 0.202. The van der Waals surface area contributed by atoms with Crippen LogP contribution in [0.15, 0.2) is 6.20 Å². The van der Waals surface area contributed by atoms with Crippen LogP contribution in [-0.2, 0) is 10.0 Å². The van der Waals surface area contributed by atoms with Crippen LogP contribution >= 0.6 is 0 Å². The first-order chi connectivity index (χ1) is 9.40. The zero-order valence-corrected chi connectivity index (χ0v) is 12.7. The molecule has 1 saturated heterocycles. The molecule has 0 aromatic carbocycles. The van der Waals surface area contributed by atoms with E-state index >= 15 is 0 Å². The molecule has 1 fully saturated rings. The maximum Gasteiger partial charge on any atom is 0.223 e. The molecule has 0 atom stereocenters. The Morgan fingerprint density at radius 3 is 2.65 bits per heavy atom. The van der Waals surface area contributed by atoms with Crippen molar-refractivity contribution in [2.45, 2.75) is 25.8 Å². The lowest BCUT2D eigenvalue weighted by atomic mass is 10.1. The Balaban J connectivity index is 2.01. The average molecular weight is 296 g/mol. The number of sulfonamides is 1. The van der Waals surface area contributed by atoms with Crippen LogP contribution in [0, 0.1) is 0 Å². The van der Waals surface area contributed by atoms with E-state index < -0.39 is 10.0 Å². The normalized spacial score (nSPS) is 19.2. The highest BCUT2D eigenvalue weighted by Crippen LogP contribution is 2.15. The fraction of sp³-hybridized carbons (Fsp3) is 0.538. The molecule has 1 N–H and O–H groups in total. The number of hydrogen-bond acceptors (Lipinski definition) is 5. The predicted molar refractivity (Wildman–Crippen MR) is 80.0 cm³/mol. The fourth-order valence-corrected chi connectivity index (χ4v) is 3.13. The molecule has 1 aliphatic rings. The van der Waals surface area contributed by atoms with Gasteiger partial charge in [0.25, 0.3) is 0 Å². The summed E-state index contributed by atoms with van der Waals surface area (Å²) in [5.74, 6) is 0.573. The molecule has 0 radical (unpaired) electrons.